The van der Waals surface area contributed by atoms with Crippen LogP contribution in [0.4, 0.5) is 0 Å². The largest absolute Gasteiger partial charge is 0.346 e. The molecule has 4 N–H and O–H groups in total. The Morgan fingerprint density at radius 3 is 2.82 bits per heavy atom. The molecule has 0 aliphatic rings. The summed E-state index contributed by atoms with van der Waals surface area (Å²) >= 11 is 0. The first kappa shape index (κ1) is 13.6. The Morgan fingerprint density at radius 1 is 1.41 bits per heavy atom. The zero-order valence-corrected chi connectivity index (χ0v) is 10.1. The van der Waals surface area contributed by atoms with Gasteiger partial charge in [-0.15, -0.1) is 10.2 Å². The van der Waals surface area contributed by atoms with Gasteiger partial charge in [0.25, 0.3) is 0 Å². The maximum Gasteiger partial charge on any atom is 0.220 e. The molecule has 0 fully saturated rings. The smallest absolute Gasteiger partial charge is 0.220 e. The highest BCUT2D eigenvalue weighted by molar-refractivity contribution is 5.76. The summed E-state index contributed by atoms with van der Waals surface area (Å²) < 4.78 is 0. The van der Waals surface area contributed by atoms with Crippen LogP contribution in [0.1, 0.15) is 50.9 Å². The zero-order chi connectivity index (χ0) is 12.5. The summed E-state index contributed by atoms with van der Waals surface area (Å²) in [5, 5.41) is 16.3. The second-order valence-corrected chi connectivity index (χ2v) is 4.01. The van der Waals surface area contributed by atoms with Gasteiger partial charge in [0.15, 0.2) is 5.82 Å². The number of rotatable bonds is 8. The van der Waals surface area contributed by atoms with Gasteiger partial charge in [0.2, 0.25) is 5.91 Å². The highest BCUT2D eigenvalue weighted by Gasteiger charge is 2.12. The molecule has 7 nitrogen and oxygen atoms in total. The predicted octanol–water partition coefficient (Wildman–Crippen LogP) is 0.286. The average molecular weight is 240 g/mol. The van der Waals surface area contributed by atoms with Crippen LogP contribution < -0.4 is 11.1 Å². The number of carbonyl (C=O) groups excluding carboxylic acids is 1. The molecule has 1 atom stereocenters. The van der Waals surface area contributed by atoms with Crippen molar-refractivity contribution in [2.45, 2.75) is 45.1 Å². The summed E-state index contributed by atoms with van der Waals surface area (Å²) in [5.74, 6) is 0.525. The number of nitrogens with zero attached hydrogens (tertiary/aromatic N) is 3. The number of nitrogens with one attached hydrogen (secondary N) is 2. The minimum Gasteiger partial charge on any atom is -0.346 e. The predicted molar refractivity (Wildman–Crippen MR) is 62.9 cm³/mol. The summed E-state index contributed by atoms with van der Waals surface area (Å²) in [5.41, 5.74) is 5.39. The Bertz CT molecular complexity index is 313. The maximum atomic E-state index is 11.6. The van der Waals surface area contributed by atoms with E-state index in [9.17, 15) is 4.79 Å². The number of hydrogen-bond acceptors (Lipinski definition) is 5. The summed E-state index contributed by atoms with van der Waals surface area (Å²) in [6.07, 6.45) is 4.59. The third kappa shape index (κ3) is 5.39. The van der Waals surface area contributed by atoms with Gasteiger partial charge in [0.1, 0.15) is 0 Å². The van der Waals surface area contributed by atoms with E-state index in [1.165, 1.54) is 0 Å². The van der Waals surface area contributed by atoms with Gasteiger partial charge in [-0.2, -0.15) is 5.21 Å². The molecule has 96 valence electrons. The van der Waals surface area contributed by atoms with Crippen LogP contribution in [0.5, 0.6) is 0 Å². The van der Waals surface area contributed by atoms with Crippen molar-refractivity contribution in [3.05, 3.63) is 5.82 Å². The van der Waals surface area contributed by atoms with Crippen LogP contribution in [-0.4, -0.2) is 33.1 Å². The van der Waals surface area contributed by atoms with Gasteiger partial charge in [-0.05, 0) is 26.3 Å². The van der Waals surface area contributed by atoms with Crippen molar-refractivity contribution in [1.82, 2.24) is 25.9 Å². The quantitative estimate of drug-likeness (QED) is 0.566. The fraction of sp³-hybridized carbons (Fsp3) is 0.800. The number of unbranched alkanes of at least 4 members (excludes halogenated alkanes) is 3. The Balaban J connectivity index is 2.12. The summed E-state index contributed by atoms with van der Waals surface area (Å²) in [4.78, 5) is 11.6. The molecule has 0 aliphatic heterocycles. The van der Waals surface area contributed by atoms with Crippen LogP contribution in [0.25, 0.3) is 0 Å². The van der Waals surface area contributed by atoms with E-state index in [0.29, 0.717) is 12.2 Å². The molecule has 1 unspecified atom stereocenters. The molecule has 1 aromatic rings. The average Bonchev–Trinajstić information content (AvgIpc) is 2.82. The van der Waals surface area contributed by atoms with Gasteiger partial charge in [-0.25, -0.2) is 0 Å². The Kier molecular flexibility index (Phi) is 6.16. The number of tetrazole rings is 1. The van der Waals surface area contributed by atoms with E-state index in [1.54, 1.807) is 0 Å². The molecule has 0 aliphatic carbocycles. The lowest BCUT2D eigenvalue weighted by atomic mass is 10.1. The van der Waals surface area contributed by atoms with Gasteiger partial charge >= 0.3 is 0 Å². The fourth-order valence-corrected chi connectivity index (χ4v) is 1.51. The highest BCUT2D eigenvalue weighted by Crippen LogP contribution is 2.06. The van der Waals surface area contributed by atoms with Crippen LogP contribution in [-0.2, 0) is 4.79 Å². The number of H-pyrrole nitrogens is 1. The Labute approximate surface area is 101 Å². The van der Waals surface area contributed by atoms with Gasteiger partial charge in [0, 0.05) is 6.42 Å². The van der Waals surface area contributed by atoms with Gasteiger partial charge in [-0.3, -0.25) is 4.79 Å². The van der Waals surface area contributed by atoms with E-state index < -0.39 is 0 Å². The fourth-order valence-electron chi connectivity index (χ4n) is 1.51. The third-order valence-electron chi connectivity index (χ3n) is 2.48. The lowest BCUT2D eigenvalue weighted by Crippen LogP contribution is -2.27. The minimum atomic E-state index is -0.203. The second kappa shape index (κ2) is 7.72. The first-order valence-corrected chi connectivity index (χ1v) is 5.97. The maximum absolute atomic E-state index is 11.6. The van der Waals surface area contributed by atoms with Crippen molar-refractivity contribution in [3.63, 3.8) is 0 Å². The normalized spacial score (nSPS) is 12.4. The van der Waals surface area contributed by atoms with Crippen LogP contribution in [0.15, 0.2) is 0 Å². The second-order valence-electron chi connectivity index (χ2n) is 4.01. The van der Waals surface area contributed by atoms with Gasteiger partial charge in [0.05, 0.1) is 6.04 Å². The van der Waals surface area contributed by atoms with Crippen molar-refractivity contribution in [2.75, 3.05) is 6.54 Å². The lowest BCUT2D eigenvalue weighted by Gasteiger charge is -2.09. The van der Waals surface area contributed by atoms with Crippen molar-refractivity contribution in [3.8, 4) is 0 Å². The van der Waals surface area contributed by atoms with Gasteiger partial charge < -0.3 is 11.1 Å². The van der Waals surface area contributed by atoms with Crippen molar-refractivity contribution < 1.29 is 4.79 Å². The number of carbonyl (C=O) groups is 1. The van der Waals surface area contributed by atoms with E-state index >= 15 is 0 Å². The highest BCUT2D eigenvalue weighted by atomic mass is 16.1. The molecule has 17 heavy (non-hydrogen) atoms. The summed E-state index contributed by atoms with van der Waals surface area (Å²) in [6, 6.07) is -0.203. The number of hydrogen-bond donors (Lipinski definition) is 3. The molecule has 1 rings (SSSR count). The van der Waals surface area contributed by atoms with Crippen LogP contribution in [0.3, 0.4) is 0 Å². The van der Waals surface area contributed by atoms with E-state index in [-0.39, 0.29) is 11.9 Å². The van der Waals surface area contributed by atoms with E-state index in [4.69, 9.17) is 5.73 Å². The first-order valence-electron chi connectivity index (χ1n) is 5.97. The molecule has 0 radical (unpaired) electrons. The molecular formula is C10H20N6O. The topological polar surface area (TPSA) is 110 Å². The van der Waals surface area contributed by atoms with E-state index in [0.717, 1.165) is 32.2 Å². The summed E-state index contributed by atoms with van der Waals surface area (Å²) in [6.45, 7) is 2.55. The standard InChI is InChI=1S/C10H20N6O/c1-8(10-13-15-16-14-10)12-9(17)6-4-2-3-5-7-11/h8H,2-7,11H2,1H3,(H,12,17)(H,13,14,15,16). The molecule has 0 saturated carbocycles. The molecule has 0 saturated heterocycles. The molecule has 0 aromatic carbocycles. The summed E-state index contributed by atoms with van der Waals surface area (Å²) in [7, 11) is 0. The van der Waals surface area contributed by atoms with Crippen molar-refractivity contribution in [2.24, 2.45) is 5.73 Å². The zero-order valence-electron chi connectivity index (χ0n) is 10.1. The number of nitrogens with two attached hydrogens (primary N) is 1. The molecular weight excluding hydrogens is 220 g/mol. The van der Waals surface area contributed by atoms with Gasteiger partial charge in [-0.1, -0.05) is 18.1 Å². The van der Waals surface area contributed by atoms with Crippen molar-refractivity contribution in [1.29, 1.82) is 0 Å². The Morgan fingerprint density at radius 2 is 2.18 bits per heavy atom. The number of aromatic amines is 1. The minimum absolute atomic E-state index is 0.0232. The molecule has 7 heteroatoms. The molecule has 0 bridgehead atoms. The Hall–Kier alpha value is -1.50. The lowest BCUT2D eigenvalue weighted by molar-refractivity contribution is -0.121. The number of amides is 1. The molecule has 1 amide bonds. The SMILES string of the molecule is CC(NC(=O)CCCCCCN)c1nn[nH]n1. The van der Waals surface area contributed by atoms with E-state index in [1.807, 2.05) is 6.92 Å². The van der Waals surface area contributed by atoms with Crippen LogP contribution >= 0.6 is 0 Å². The molecule has 1 heterocycles. The molecule has 0 spiro atoms. The van der Waals surface area contributed by atoms with Crippen molar-refractivity contribution >= 4 is 5.91 Å². The molecule has 1 aromatic heterocycles. The third-order valence-corrected chi connectivity index (χ3v) is 2.48. The monoisotopic (exact) mass is 240 g/mol. The van der Waals surface area contributed by atoms with E-state index in [2.05, 4.69) is 25.9 Å². The first-order chi connectivity index (χ1) is 8.24. The number of aromatic nitrogens is 4. The van der Waals surface area contributed by atoms with Crippen LogP contribution in [0, 0.1) is 0 Å². The van der Waals surface area contributed by atoms with Crippen LogP contribution in [0.2, 0.25) is 0 Å².